The van der Waals surface area contributed by atoms with Gasteiger partial charge in [0.1, 0.15) is 0 Å². The molecule has 2 atom stereocenters. The first-order valence-corrected chi connectivity index (χ1v) is 7.25. The molecule has 2 aromatic rings. The summed E-state index contributed by atoms with van der Waals surface area (Å²) >= 11 is 0. The molecule has 2 rings (SSSR count). The second-order valence-electron chi connectivity index (χ2n) is 5.57. The Labute approximate surface area is 121 Å². The molecule has 3 N–H and O–H groups in total. The summed E-state index contributed by atoms with van der Waals surface area (Å²) in [6.45, 7) is 4.41. The number of aromatic amines is 1. The highest BCUT2D eigenvalue weighted by atomic mass is 16.3. The van der Waals surface area contributed by atoms with Crippen molar-refractivity contribution in [1.82, 2.24) is 10.3 Å². The Hall–Kier alpha value is -1.58. The lowest BCUT2D eigenvalue weighted by molar-refractivity contribution is 0.198. The predicted molar refractivity (Wildman–Crippen MR) is 82.5 cm³/mol. The molecule has 0 saturated heterocycles. The third-order valence-electron chi connectivity index (χ3n) is 3.70. The quantitative estimate of drug-likeness (QED) is 0.726. The van der Waals surface area contributed by atoms with Gasteiger partial charge in [0.25, 0.3) is 0 Å². The minimum atomic E-state index is 0.104. The van der Waals surface area contributed by atoms with Crippen molar-refractivity contribution in [3.63, 3.8) is 0 Å². The number of aliphatic hydroxyl groups excluding tert-OH is 1. The standard InChI is InChI=1S/C17H24N2O/c1-13(2)17(12-20)19-16(15-9-6-10-18-15)11-14-7-4-3-5-8-14/h3-10,13,16-20H,11-12H2,1-2H3/t16-,17+/m0/s1. The van der Waals surface area contributed by atoms with Gasteiger partial charge < -0.3 is 15.4 Å². The SMILES string of the molecule is CC(C)[C@@H](CO)N[C@@H](Cc1ccccc1)c1ccc[nH]1. The van der Waals surface area contributed by atoms with Gasteiger partial charge in [-0.15, -0.1) is 0 Å². The highest BCUT2D eigenvalue weighted by Gasteiger charge is 2.19. The molecule has 1 aromatic carbocycles. The second kappa shape index (κ2) is 7.27. The maximum atomic E-state index is 9.54. The molecule has 0 spiro atoms. The molecule has 0 aliphatic carbocycles. The largest absolute Gasteiger partial charge is 0.395 e. The van der Waals surface area contributed by atoms with E-state index in [1.54, 1.807) is 0 Å². The van der Waals surface area contributed by atoms with Crippen LogP contribution in [0.1, 0.15) is 31.1 Å². The number of hydrogen-bond acceptors (Lipinski definition) is 2. The van der Waals surface area contributed by atoms with E-state index in [0.29, 0.717) is 5.92 Å². The maximum Gasteiger partial charge on any atom is 0.0587 e. The van der Waals surface area contributed by atoms with E-state index in [0.717, 1.165) is 12.1 Å². The first-order chi connectivity index (χ1) is 9.70. The Balaban J connectivity index is 2.13. The number of nitrogens with one attached hydrogen (secondary N) is 2. The lowest BCUT2D eigenvalue weighted by Gasteiger charge is -2.27. The van der Waals surface area contributed by atoms with Crippen molar-refractivity contribution in [2.45, 2.75) is 32.4 Å². The lowest BCUT2D eigenvalue weighted by atomic mass is 9.99. The van der Waals surface area contributed by atoms with Crippen LogP contribution in [0.15, 0.2) is 48.7 Å². The average Bonchev–Trinajstić information content (AvgIpc) is 2.98. The van der Waals surface area contributed by atoms with Gasteiger partial charge >= 0.3 is 0 Å². The van der Waals surface area contributed by atoms with Crippen LogP contribution in [0.3, 0.4) is 0 Å². The molecule has 20 heavy (non-hydrogen) atoms. The summed E-state index contributed by atoms with van der Waals surface area (Å²) in [6, 6.07) is 14.8. The summed E-state index contributed by atoms with van der Waals surface area (Å²) in [7, 11) is 0. The van der Waals surface area contributed by atoms with Crippen molar-refractivity contribution < 1.29 is 5.11 Å². The molecular weight excluding hydrogens is 248 g/mol. The maximum absolute atomic E-state index is 9.54. The van der Waals surface area contributed by atoms with Crippen LogP contribution in [0.4, 0.5) is 0 Å². The van der Waals surface area contributed by atoms with Gasteiger partial charge in [-0.05, 0) is 30.0 Å². The van der Waals surface area contributed by atoms with Crippen LogP contribution in [0, 0.1) is 5.92 Å². The Morgan fingerprint density at radius 1 is 1.10 bits per heavy atom. The molecule has 0 bridgehead atoms. The fourth-order valence-electron chi connectivity index (χ4n) is 2.38. The number of benzene rings is 1. The highest BCUT2D eigenvalue weighted by molar-refractivity contribution is 5.19. The molecule has 0 aliphatic rings. The van der Waals surface area contributed by atoms with E-state index in [1.807, 2.05) is 18.3 Å². The third-order valence-corrected chi connectivity index (χ3v) is 3.70. The minimum absolute atomic E-state index is 0.104. The van der Waals surface area contributed by atoms with Crippen LogP contribution in [0.2, 0.25) is 0 Å². The van der Waals surface area contributed by atoms with E-state index in [2.05, 4.69) is 54.5 Å². The van der Waals surface area contributed by atoms with Crippen LogP contribution in [0.25, 0.3) is 0 Å². The summed E-state index contributed by atoms with van der Waals surface area (Å²) in [5.41, 5.74) is 2.45. The zero-order valence-corrected chi connectivity index (χ0v) is 12.2. The Bertz CT molecular complexity index is 479. The molecular formula is C17H24N2O. The smallest absolute Gasteiger partial charge is 0.0587 e. The van der Waals surface area contributed by atoms with Crippen LogP contribution in [-0.2, 0) is 6.42 Å². The second-order valence-corrected chi connectivity index (χ2v) is 5.57. The van der Waals surface area contributed by atoms with Gasteiger partial charge in [-0.1, -0.05) is 44.2 Å². The zero-order chi connectivity index (χ0) is 14.4. The molecule has 108 valence electrons. The monoisotopic (exact) mass is 272 g/mol. The molecule has 0 amide bonds. The van der Waals surface area contributed by atoms with E-state index in [4.69, 9.17) is 0 Å². The third kappa shape index (κ3) is 3.95. The van der Waals surface area contributed by atoms with Crippen molar-refractivity contribution in [3.8, 4) is 0 Å². The molecule has 3 heteroatoms. The van der Waals surface area contributed by atoms with Gasteiger partial charge in [-0.2, -0.15) is 0 Å². The van der Waals surface area contributed by atoms with Gasteiger partial charge in [0, 0.05) is 17.9 Å². The molecule has 3 nitrogen and oxygen atoms in total. The van der Waals surface area contributed by atoms with Crippen molar-refractivity contribution in [3.05, 3.63) is 59.9 Å². The van der Waals surface area contributed by atoms with Gasteiger partial charge in [0.15, 0.2) is 0 Å². The van der Waals surface area contributed by atoms with E-state index in [1.165, 1.54) is 5.56 Å². The Morgan fingerprint density at radius 3 is 2.40 bits per heavy atom. The van der Waals surface area contributed by atoms with Crippen molar-refractivity contribution in [1.29, 1.82) is 0 Å². The zero-order valence-electron chi connectivity index (χ0n) is 12.2. The van der Waals surface area contributed by atoms with Gasteiger partial charge in [-0.3, -0.25) is 0 Å². The fraction of sp³-hybridized carbons (Fsp3) is 0.412. The summed E-state index contributed by atoms with van der Waals surface area (Å²) in [5.74, 6) is 0.397. The normalized spacial score (nSPS) is 14.4. The minimum Gasteiger partial charge on any atom is -0.395 e. The van der Waals surface area contributed by atoms with Gasteiger partial charge in [0.05, 0.1) is 12.6 Å². The van der Waals surface area contributed by atoms with Crippen LogP contribution >= 0.6 is 0 Å². The summed E-state index contributed by atoms with van der Waals surface area (Å²) < 4.78 is 0. The molecule has 1 heterocycles. The molecule has 0 unspecified atom stereocenters. The van der Waals surface area contributed by atoms with Crippen LogP contribution < -0.4 is 5.32 Å². The van der Waals surface area contributed by atoms with Crippen molar-refractivity contribution >= 4 is 0 Å². The molecule has 0 radical (unpaired) electrons. The van der Waals surface area contributed by atoms with Crippen LogP contribution in [0.5, 0.6) is 0 Å². The Morgan fingerprint density at radius 2 is 1.85 bits per heavy atom. The van der Waals surface area contributed by atoms with E-state index in [9.17, 15) is 5.11 Å². The number of hydrogen-bond donors (Lipinski definition) is 3. The Kier molecular flexibility index (Phi) is 5.39. The summed E-state index contributed by atoms with van der Waals surface area (Å²) in [5, 5.41) is 13.1. The van der Waals surface area contributed by atoms with Crippen molar-refractivity contribution in [2.24, 2.45) is 5.92 Å². The first-order valence-electron chi connectivity index (χ1n) is 7.25. The number of H-pyrrole nitrogens is 1. The van der Waals surface area contributed by atoms with Gasteiger partial charge in [0.2, 0.25) is 0 Å². The first kappa shape index (κ1) is 14.8. The van der Waals surface area contributed by atoms with E-state index < -0.39 is 0 Å². The topological polar surface area (TPSA) is 48.0 Å². The fourth-order valence-corrected chi connectivity index (χ4v) is 2.38. The van der Waals surface area contributed by atoms with E-state index >= 15 is 0 Å². The predicted octanol–water partition coefficient (Wildman–Crippen LogP) is 2.91. The number of aliphatic hydroxyl groups is 1. The number of rotatable bonds is 7. The summed E-state index contributed by atoms with van der Waals surface area (Å²) in [4.78, 5) is 3.28. The molecule has 0 aliphatic heterocycles. The van der Waals surface area contributed by atoms with Crippen molar-refractivity contribution in [2.75, 3.05) is 6.61 Å². The lowest BCUT2D eigenvalue weighted by Crippen LogP contribution is -2.40. The molecule has 0 fully saturated rings. The summed E-state index contributed by atoms with van der Waals surface area (Å²) in [6.07, 6.45) is 2.85. The number of aromatic nitrogens is 1. The van der Waals surface area contributed by atoms with Gasteiger partial charge in [-0.25, -0.2) is 0 Å². The molecule has 0 saturated carbocycles. The van der Waals surface area contributed by atoms with E-state index in [-0.39, 0.29) is 18.7 Å². The highest BCUT2D eigenvalue weighted by Crippen LogP contribution is 2.19. The average molecular weight is 272 g/mol. The molecule has 1 aromatic heterocycles. The van der Waals surface area contributed by atoms with Crippen LogP contribution in [-0.4, -0.2) is 22.7 Å².